The number of nitrogens with two attached hydrogens (primary N) is 1. The number of primary amides is 1. The van der Waals surface area contributed by atoms with Crippen molar-refractivity contribution in [3.05, 3.63) is 63.7 Å². The first-order chi connectivity index (χ1) is 14.4. The molecule has 3 aromatic rings. The number of anilines is 1. The van der Waals surface area contributed by atoms with Crippen molar-refractivity contribution in [2.24, 2.45) is 11.7 Å². The molecular weight excluding hydrogens is 425 g/mol. The van der Waals surface area contributed by atoms with E-state index in [4.69, 9.17) is 17.3 Å². The van der Waals surface area contributed by atoms with Gasteiger partial charge in [0.25, 0.3) is 5.91 Å². The number of nitrogens with zero attached hydrogens (tertiary/aromatic N) is 1. The van der Waals surface area contributed by atoms with Crippen LogP contribution in [0, 0.1) is 11.7 Å². The first-order valence-electron chi connectivity index (χ1n) is 9.71. The summed E-state index contributed by atoms with van der Waals surface area (Å²) in [6.45, 7) is 2.09. The summed E-state index contributed by atoms with van der Waals surface area (Å²) >= 11 is 7.55. The number of fused-ring (bicyclic) bond motifs is 1. The Kier molecular flexibility index (Phi) is 6.04. The first kappa shape index (κ1) is 20.8. The molecule has 1 fully saturated rings. The molecule has 1 atom stereocenters. The monoisotopic (exact) mass is 445 g/mol. The zero-order valence-electron chi connectivity index (χ0n) is 16.2. The molecule has 1 unspecified atom stereocenters. The normalized spacial score (nSPS) is 17.2. The highest BCUT2D eigenvalue weighted by molar-refractivity contribution is 7.21. The van der Waals surface area contributed by atoms with Gasteiger partial charge in [0, 0.05) is 28.9 Å². The molecular formula is C22H21ClFN3O2S. The predicted octanol–water partition coefficient (Wildman–Crippen LogP) is 4.64. The Bertz CT molecular complexity index is 1120. The Morgan fingerprint density at radius 3 is 2.87 bits per heavy atom. The maximum absolute atomic E-state index is 13.5. The molecule has 0 saturated carbocycles. The lowest BCUT2D eigenvalue weighted by atomic mass is 9.97. The van der Waals surface area contributed by atoms with Crippen molar-refractivity contribution in [2.75, 3.05) is 18.4 Å². The topological polar surface area (TPSA) is 75.4 Å². The number of hydrogen-bond acceptors (Lipinski definition) is 4. The molecule has 2 aromatic carbocycles. The van der Waals surface area contributed by atoms with Gasteiger partial charge in [-0.1, -0.05) is 29.8 Å². The number of rotatable bonds is 5. The smallest absolute Gasteiger partial charge is 0.267 e. The molecule has 1 saturated heterocycles. The first-order valence-corrected chi connectivity index (χ1v) is 10.9. The molecule has 2 amide bonds. The van der Waals surface area contributed by atoms with Crippen LogP contribution in [0.5, 0.6) is 0 Å². The second-order valence-electron chi connectivity index (χ2n) is 7.47. The molecule has 0 spiro atoms. The van der Waals surface area contributed by atoms with E-state index in [1.807, 2.05) is 24.3 Å². The number of hydrogen-bond donors (Lipinski definition) is 2. The number of nitrogens with one attached hydrogen (secondary N) is 1. The minimum atomic E-state index is -0.367. The van der Waals surface area contributed by atoms with Gasteiger partial charge in [-0.3, -0.25) is 14.5 Å². The fraction of sp³-hybridized carbons (Fsp3) is 0.273. The van der Waals surface area contributed by atoms with Crippen molar-refractivity contribution < 1.29 is 14.0 Å². The Labute approximate surface area is 182 Å². The minimum absolute atomic E-state index is 0.141. The van der Waals surface area contributed by atoms with E-state index in [1.165, 1.54) is 12.1 Å². The van der Waals surface area contributed by atoms with E-state index in [1.54, 1.807) is 6.07 Å². The highest BCUT2D eigenvalue weighted by Gasteiger charge is 2.25. The zero-order chi connectivity index (χ0) is 21.3. The van der Waals surface area contributed by atoms with Crippen LogP contribution in [0.2, 0.25) is 5.02 Å². The van der Waals surface area contributed by atoms with Crippen LogP contribution in [-0.4, -0.2) is 29.8 Å². The van der Waals surface area contributed by atoms with Gasteiger partial charge in [-0.15, -0.1) is 11.3 Å². The summed E-state index contributed by atoms with van der Waals surface area (Å²) in [5, 5.41) is 3.93. The molecule has 1 aliphatic rings. The van der Waals surface area contributed by atoms with Crippen molar-refractivity contribution in [3.8, 4) is 0 Å². The summed E-state index contributed by atoms with van der Waals surface area (Å²) in [4.78, 5) is 27.0. The van der Waals surface area contributed by atoms with Crippen LogP contribution in [-0.2, 0) is 11.3 Å². The van der Waals surface area contributed by atoms with Crippen LogP contribution >= 0.6 is 22.9 Å². The molecule has 0 aliphatic carbocycles. The molecule has 0 radical (unpaired) electrons. The lowest BCUT2D eigenvalue weighted by molar-refractivity contribution is -0.123. The Hall–Kier alpha value is -2.48. The number of piperidine rings is 1. The highest BCUT2D eigenvalue weighted by Crippen LogP contribution is 2.36. The lowest BCUT2D eigenvalue weighted by Gasteiger charge is -2.31. The number of likely N-dealkylation sites (tertiary alicyclic amines) is 1. The van der Waals surface area contributed by atoms with E-state index in [2.05, 4.69) is 10.2 Å². The minimum Gasteiger partial charge on any atom is -0.369 e. The van der Waals surface area contributed by atoms with Crippen molar-refractivity contribution in [2.45, 2.75) is 19.4 Å². The molecule has 0 bridgehead atoms. The number of thiophene rings is 1. The summed E-state index contributed by atoms with van der Waals surface area (Å²) in [5.41, 5.74) is 7.11. The van der Waals surface area contributed by atoms with E-state index in [0.717, 1.165) is 36.3 Å². The maximum atomic E-state index is 13.5. The van der Waals surface area contributed by atoms with Crippen molar-refractivity contribution in [3.63, 3.8) is 0 Å². The van der Waals surface area contributed by atoms with Gasteiger partial charge < -0.3 is 11.1 Å². The largest absolute Gasteiger partial charge is 0.369 e. The molecule has 3 N–H and O–H groups in total. The summed E-state index contributed by atoms with van der Waals surface area (Å²) in [7, 11) is 0. The van der Waals surface area contributed by atoms with E-state index < -0.39 is 0 Å². The number of halogens is 2. The van der Waals surface area contributed by atoms with Crippen molar-refractivity contribution >= 4 is 50.5 Å². The third kappa shape index (κ3) is 4.33. The van der Waals surface area contributed by atoms with E-state index >= 15 is 0 Å². The third-order valence-corrected chi connectivity index (χ3v) is 7.02. The number of benzene rings is 2. The van der Waals surface area contributed by atoms with Crippen molar-refractivity contribution in [1.29, 1.82) is 0 Å². The summed E-state index contributed by atoms with van der Waals surface area (Å²) < 4.78 is 14.1. The van der Waals surface area contributed by atoms with E-state index in [9.17, 15) is 14.0 Å². The van der Waals surface area contributed by atoms with Gasteiger partial charge in [-0.05, 0) is 49.2 Å². The average Bonchev–Trinajstić information content (AvgIpc) is 3.05. The lowest BCUT2D eigenvalue weighted by Crippen LogP contribution is -2.40. The Balaban J connectivity index is 1.54. The quantitative estimate of drug-likeness (QED) is 0.600. The van der Waals surface area contributed by atoms with E-state index in [-0.39, 0.29) is 23.5 Å². The van der Waals surface area contributed by atoms with Gasteiger partial charge in [0.1, 0.15) is 10.7 Å². The molecule has 1 aliphatic heterocycles. The average molecular weight is 446 g/mol. The van der Waals surface area contributed by atoms with Crippen LogP contribution in [0.15, 0.2) is 42.5 Å². The molecule has 30 heavy (non-hydrogen) atoms. The summed E-state index contributed by atoms with van der Waals surface area (Å²) in [5.74, 6) is -1.10. The van der Waals surface area contributed by atoms with Gasteiger partial charge in [-0.2, -0.15) is 0 Å². The van der Waals surface area contributed by atoms with Crippen LogP contribution in [0.1, 0.15) is 28.1 Å². The molecule has 1 aromatic heterocycles. The van der Waals surface area contributed by atoms with Crippen LogP contribution in [0.4, 0.5) is 10.1 Å². The Morgan fingerprint density at radius 1 is 1.27 bits per heavy atom. The zero-order valence-corrected chi connectivity index (χ0v) is 17.7. The van der Waals surface area contributed by atoms with Crippen LogP contribution in [0.25, 0.3) is 10.1 Å². The molecule has 2 heterocycles. The summed E-state index contributed by atoms with van der Waals surface area (Å²) in [6, 6.07) is 11.8. The molecule has 156 valence electrons. The van der Waals surface area contributed by atoms with Crippen LogP contribution < -0.4 is 11.1 Å². The van der Waals surface area contributed by atoms with Gasteiger partial charge in [-0.25, -0.2) is 4.39 Å². The fourth-order valence-corrected chi connectivity index (χ4v) is 5.25. The highest BCUT2D eigenvalue weighted by atomic mass is 35.5. The number of carbonyl (C=O) groups excluding carboxylic acids is 2. The van der Waals surface area contributed by atoms with Gasteiger partial charge in [0.2, 0.25) is 5.91 Å². The second-order valence-corrected chi connectivity index (χ2v) is 8.90. The molecule has 4 rings (SSSR count). The van der Waals surface area contributed by atoms with Crippen molar-refractivity contribution in [1.82, 2.24) is 4.90 Å². The maximum Gasteiger partial charge on any atom is 0.267 e. The second kappa shape index (κ2) is 8.71. The number of carbonyl (C=O) groups is 2. The van der Waals surface area contributed by atoms with Gasteiger partial charge in [0.05, 0.1) is 10.9 Å². The number of amides is 2. The standard InChI is InChI=1S/C22H21ClFN3O2S/c23-19-16-8-7-15(24)10-18(16)30-20(19)22(29)26-17-6-2-1-4-13(17)11-27-9-3-5-14(12-27)21(25)28/h1-2,4,6-8,10,14H,3,5,9,11-12H2,(H2,25,28)(H,26,29). The Morgan fingerprint density at radius 2 is 2.07 bits per heavy atom. The van der Waals surface area contributed by atoms with Crippen LogP contribution in [0.3, 0.4) is 0 Å². The van der Waals surface area contributed by atoms with Gasteiger partial charge >= 0.3 is 0 Å². The fourth-order valence-electron chi connectivity index (χ4n) is 3.82. The molecule has 8 heteroatoms. The van der Waals surface area contributed by atoms with E-state index in [0.29, 0.717) is 38.8 Å². The SMILES string of the molecule is NC(=O)C1CCCN(Cc2ccccc2NC(=O)c2sc3cc(F)ccc3c2Cl)C1. The van der Waals surface area contributed by atoms with Gasteiger partial charge in [0.15, 0.2) is 0 Å². The molecule has 5 nitrogen and oxygen atoms in total. The number of para-hydroxylation sites is 1. The summed E-state index contributed by atoms with van der Waals surface area (Å²) in [6.07, 6.45) is 1.73. The predicted molar refractivity (Wildman–Crippen MR) is 118 cm³/mol. The third-order valence-electron chi connectivity index (χ3n) is 5.37.